The first-order valence-electron chi connectivity index (χ1n) is 6.28. The lowest BCUT2D eigenvalue weighted by Crippen LogP contribution is -1.99. The van der Waals surface area contributed by atoms with Gasteiger partial charge in [-0.25, -0.2) is 0 Å². The van der Waals surface area contributed by atoms with Crippen LogP contribution in [-0.2, 0) is 0 Å². The Balaban J connectivity index is 2.05. The van der Waals surface area contributed by atoms with Crippen molar-refractivity contribution in [3.05, 3.63) is 72.0 Å². The number of ether oxygens (including phenoxy) is 2. The molecule has 0 aliphatic heterocycles. The highest BCUT2D eigenvalue weighted by Crippen LogP contribution is 2.19. The van der Waals surface area contributed by atoms with Gasteiger partial charge >= 0.3 is 0 Å². The molecule has 2 aromatic carbocycles. The Kier molecular flexibility index (Phi) is 4.56. The van der Waals surface area contributed by atoms with Gasteiger partial charge in [-0.1, -0.05) is 30.3 Å². The van der Waals surface area contributed by atoms with Crippen LogP contribution in [-0.4, -0.2) is 12.9 Å². The molecule has 3 nitrogen and oxygen atoms in total. The highest BCUT2D eigenvalue weighted by atomic mass is 16.5. The smallest absolute Gasteiger partial charge is 0.189 e. The molecule has 102 valence electrons. The summed E-state index contributed by atoms with van der Waals surface area (Å²) < 4.78 is 10.7. The van der Waals surface area contributed by atoms with Gasteiger partial charge in [0.1, 0.15) is 17.3 Å². The fourth-order valence-electron chi connectivity index (χ4n) is 1.73. The molecule has 0 saturated carbocycles. The van der Waals surface area contributed by atoms with Crippen molar-refractivity contribution in [1.82, 2.24) is 0 Å². The summed E-state index contributed by atoms with van der Waals surface area (Å²) in [6.45, 7) is 1.76. The van der Waals surface area contributed by atoms with E-state index in [9.17, 15) is 4.79 Å². The first-order valence-corrected chi connectivity index (χ1v) is 6.28. The number of hydrogen-bond acceptors (Lipinski definition) is 3. The van der Waals surface area contributed by atoms with E-state index in [0.717, 1.165) is 5.75 Å². The van der Waals surface area contributed by atoms with Crippen molar-refractivity contribution < 1.29 is 14.3 Å². The number of allylic oxidation sites excluding steroid dienone is 2. The van der Waals surface area contributed by atoms with Gasteiger partial charge in [-0.15, -0.1) is 0 Å². The summed E-state index contributed by atoms with van der Waals surface area (Å²) in [6, 6.07) is 16.3. The normalized spacial score (nSPS) is 11.0. The number of methoxy groups -OCH3 is 1. The average Bonchev–Trinajstić information content (AvgIpc) is 2.49. The SMILES string of the molecule is COc1ccc(O/C(C)=C/C(=O)c2ccccc2)cc1. The third-order valence-corrected chi connectivity index (χ3v) is 2.73. The Bertz CT molecular complexity index is 598. The molecule has 0 atom stereocenters. The van der Waals surface area contributed by atoms with Crippen molar-refractivity contribution in [2.45, 2.75) is 6.92 Å². The molecule has 0 saturated heterocycles. The first kappa shape index (κ1) is 13.9. The van der Waals surface area contributed by atoms with Crippen molar-refractivity contribution in [3.8, 4) is 11.5 Å². The zero-order chi connectivity index (χ0) is 14.4. The predicted octanol–water partition coefficient (Wildman–Crippen LogP) is 3.86. The van der Waals surface area contributed by atoms with Crippen molar-refractivity contribution in [2.75, 3.05) is 7.11 Å². The Morgan fingerprint density at radius 1 is 0.950 bits per heavy atom. The molecule has 3 heteroatoms. The monoisotopic (exact) mass is 268 g/mol. The minimum Gasteiger partial charge on any atom is -0.497 e. The van der Waals surface area contributed by atoms with Crippen LogP contribution in [0.3, 0.4) is 0 Å². The summed E-state index contributed by atoms with van der Waals surface area (Å²) in [7, 11) is 1.61. The van der Waals surface area contributed by atoms with Gasteiger partial charge in [-0.05, 0) is 31.2 Å². The molecule has 0 aliphatic rings. The van der Waals surface area contributed by atoms with Crippen molar-refractivity contribution in [3.63, 3.8) is 0 Å². The van der Waals surface area contributed by atoms with Gasteiger partial charge in [-0.2, -0.15) is 0 Å². The topological polar surface area (TPSA) is 35.5 Å². The molecule has 20 heavy (non-hydrogen) atoms. The molecule has 0 bridgehead atoms. The number of carbonyl (C=O) groups excluding carboxylic acids is 1. The fourth-order valence-corrected chi connectivity index (χ4v) is 1.73. The summed E-state index contributed by atoms with van der Waals surface area (Å²) >= 11 is 0. The highest BCUT2D eigenvalue weighted by Gasteiger charge is 2.03. The van der Waals surface area contributed by atoms with E-state index in [4.69, 9.17) is 9.47 Å². The van der Waals surface area contributed by atoms with Gasteiger partial charge in [0.15, 0.2) is 5.78 Å². The van der Waals surface area contributed by atoms with Gasteiger partial charge in [-0.3, -0.25) is 4.79 Å². The van der Waals surface area contributed by atoms with Gasteiger partial charge in [0.05, 0.1) is 7.11 Å². The van der Waals surface area contributed by atoms with Crippen LogP contribution in [0.15, 0.2) is 66.4 Å². The number of ketones is 1. The van der Waals surface area contributed by atoms with Crippen LogP contribution >= 0.6 is 0 Å². The summed E-state index contributed by atoms with van der Waals surface area (Å²) in [4.78, 5) is 12.0. The molecule has 0 N–H and O–H groups in total. The molecule has 0 unspecified atom stereocenters. The Labute approximate surface area is 118 Å². The van der Waals surface area contributed by atoms with E-state index in [2.05, 4.69) is 0 Å². The lowest BCUT2D eigenvalue weighted by molar-refractivity contribution is 0.104. The molecule has 0 radical (unpaired) electrons. The maximum atomic E-state index is 12.0. The summed E-state index contributed by atoms with van der Waals surface area (Å²) in [5.74, 6) is 1.90. The Hall–Kier alpha value is -2.55. The Morgan fingerprint density at radius 3 is 2.15 bits per heavy atom. The molecule has 0 amide bonds. The second-order valence-corrected chi connectivity index (χ2v) is 4.26. The van der Waals surface area contributed by atoms with Crippen molar-refractivity contribution in [1.29, 1.82) is 0 Å². The summed E-state index contributed by atoms with van der Waals surface area (Å²) in [5.41, 5.74) is 0.644. The van der Waals surface area contributed by atoms with Gasteiger partial charge in [0, 0.05) is 11.6 Å². The third-order valence-electron chi connectivity index (χ3n) is 2.73. The van der Waals surface area contributed by atoms with Crippen LogP contribution in [0.2, 0.25) is 0 Å². The van der Waals surface area contributed by atoms with Crippen LogP contribution in [0.1, 0.15) is 17.3 Å². The molecular formula is C17H16O3. The molecule has 0 spiro atoms. The zero-order valence-corrected chi connectivity index (χ0v) is 11.5. The minimum absolute atomic E-state index is 0.0726. The largest absolute Gasteiger partial charge is 0.497 e. The van der Waals surface area contributed by atoms with E-state index in [1.807, 2.05) is 30.3 Å². The van der Waals surface area contributed by atoms with Crippen LogP contribution in [0, 0.1) is 0 Å². The van der Waals surface area contributed by atoms with E-state index in [-0.39, 0.29) is 5.78 Å². The quantitative estimate of drug-likeness (QED) is 0.469. The molecule has 0 fully saturated rings. The van der Waals surface area contributed by atoms with Gasteiger partial charge < -0.3 is 9.47 Å². The Morgan fingerprint density at radius 2 is 1.55 bits per heavy atom. The average molecular weight is 268 g/mol. The van der Waals surface area contributed by atoms with E-state index in [1.54, 1.807) is 38.3 Å². The van der Waals surface area contributed by atoms with E-state index < -0.39 is 0 Å². The molecule has 0 heterocycles. The van der Waals surface area contributed by atoms with E-state index in [1.165, 1.54) is 6.08 Å². The van der Waals surface area contributed by atoms with Crippen LogP contribution in [0.4, 0.5) is 0 Å². The zero-order valence-electron chi connectivity index (χ0n) is 11.5. The second-order valence-electron chi connectivity index (χ2n) is 4.26. The van der Waals surface area contributed by atoms with Crippen molar-refractivity contribution in [2.24, 2.45) is 0 Å². The molecule has 2 aromatic rings. The lowest BCUT2D eigenvalue weighted by Gasteiger charge is -2.06. The third kappa shape index (κ3) is 3.72. The van der Waals surface area contributed by atoms with Crippen molar-refractivity contribution >= 4 is 5.78 Å². The van der Waals surface area contributed by atoms with Gasteiger partial charge in [0.2, 0.25) is 0 Å². The number of rotatable bonds is 5. The highest BCUT2D eigenvalue weighted by molar-refractivity contribution is 6.04. The summed E-state index contributed by atoms with van der Waals surface area (Å²) in [6.07, 6.45) is 1.49. The lowest BCUT2D eigenvalue weighted by atomic mass is 10.1. The molecular weight excluding hydrogens is 252 g/mol. The minimum atomic E-state index is -0.0726. The predicted molar refractivity (Wildman–Crippen MR) is 78.2 cm³/mol. The first-order chi connectivity index (χ1) is 9.69. The van der Waals surface area contributed by atoms with Gasteiger partial charge in [0.25, 0.3) is 0 Å². The standard InChI is InChI=1S/C17H16O3/c1-13(12-17(18)14-6-4-3-5-7-14)20-16-10-8-15(19-2)9-11-16/h3-12H,1-2H3/b13-12+. The molecule has 0 aliphatic carbocycles. The molecule has 2 rings (SSSR count). The van der Waals surface area contributed by atoms with E-state index >= 15 is 0 Å². The maximum absolute atomic E-state index is 12.0. The molecule has 0 aromatic heterocycles. The van der Waals surface area contributed by atoms with Crippen LogP contribution in [0.5, 0.6) is 11.5 Å². The number of benzene rings is 2. The van der Waals surface area contributed by atoms with Crippen LogP contribution < -0.4 is 9.47 Å². The number of hydrogen-bond donors (Lipinski definition) is 0. The number of carbonyl (C=O) groups is 1. The maximum Gasteiger partial charge on any atom is 0.189 e. The second kappa shape index (κ2) is 6.57. The van der Waals surface area contributed by atoms with Crippen LogP contribution in [0.25, 0.3) is 0 Å². The van der Waals surface area contributed by atoms with E-state index in [0.29, 0.717) is 17.1 Å². The fraction of sp³-hybridized carbons (Fsp3) is 0.118. The summed E-state index contributed by atoms with van der Waals surface area (Å²) in [5, 5.41) is 0.